The number of halogens is 1. The Morgan fingerprint density at radius 1 is 1.18 bits per heavy atom. The van der Waals surface area contributed by atoms with Gasteiger partial charge in [0.1, 0.15) is 23.2 Å². The molecule has 1 atom stereocenters. The lowest BCUT2D eigenvalue weighted by Crippen LogP contribution is -2.36. The molecule has 3 aromatic rings. The highest BCUT2D eigenvalue weighted by Gasteiger charge is 2.32. The Bertz CT molecular complexity index is 1130. The summed E-state index contributed by atoms with van der Waals surface area (Å²) in [5.41, 5.74) is 2.66. The van der Waals surface area contributed by atoms with Crippen molar-refractivity contribution in [2.24, 2.45) is 11.8 Å². The zero-order valence-electron chi connectivity index (χ0n) is 19.2. The number of hydrogen-bond acceptors (Lipinski definition) is 5. The summed E-state index contributed by atoms with van der Waals surface area (Å²) in [6.07, 6.45) is 7.18. The Labute approximate surface area is 192 Å². The van der Waals surface area contributed by atoms with Gasteiger partial charge in [-0.15, -0.1) is 0 Å². The number of hydrogen-bond donors (Lipinski definition) is 2. The lowest BCUT2D eigenvalue weighted by atomic mass is 9.79. The molecule has 176 valence electrons. The highest BCUT2D eigenvalue weighted by molar-refractivity contribution is 5.95. The minimum Gasteiger partial charge on any atom is -0.381 e. The number of nitrogens with one attached hydrogen (secondary N) is 2. The monoisotopic (exact) mass is 454 g/mol. The zero-order valence-corrected chi connectivity index (χ0v) is 19.2. The summed E-state index contributed by atoms with van der Waals surface area (Å²) in [6.45, 7) is 5.32. The Morgan fingerprint density at radius 2 is 1.94 bits per heavy atom. The molecule has 2 N–H and O–H groups in total. The maximum atomic E-state index is 15.5. The molecule has 2 aliphatic rings. The molecule has 2 fully saturated rings. The van der Waals surface area contributed by atoms with E-state index in [1.54, 1.807) is 6.92 Å². The van der Waals surface area contributed by atoms with E-state index in [0.29, 0.717) is 52.8 Å². The minimum atomic E-state index is -0.336. The first kappa shape index (κ1) is 22.1. The fourth-order valence-corrected chi connectivity index (χ4v) is 5.31. The highest BCUT2D eigenvalue weighted by Crippen LogP contribution is 2.38. The predicted molar refractivity (Wildman–Crippen MR) is 121 cm³/mol. The second-order valence-electron chi connectivity index (χ2n) is 9.66. The number of carbonyl (C=O) groups is 1. The Kier molecular flexibility index (Phi) is 6.19. The molecule has 1 aliphatic carbocycles. The number of carbonyl (C=O) groups excluding carboxylic acids is 1. The Morgan fingerprint density at radius 3 is 2.64 bits per heavy atom. The van der Waals surface area contributed by atoms with Gasteiger partial charge in [0.25, 0.3) is 5.91 Å². The highest BCUT2D eigenvalue weighted by atomic mass is 19.1. The number of nitrogens with zero attached hydrogens (tertiary/aromatic N) is 2. The van der Waals surface area contributed by atoms with Gasteiger partial charge >= 0.3 is 0 Å². The van der Waals surface area contributed by atoms with Crippen molar-refractivity contribution in [2.75, 3.05) is 13.2 Å². The van der Waals surface area contributed by atoms with Gasteiger partial charge in [0.15, 0.2) is 5.82 Å². The van der Waals surface area contributed by atoms with Gasteiger partial charge in [0, 0.05) is 13.2 Å². The van der Waals surface area contributed by atoms with Crippen LogP contribution in [-0.4, -0.2) is 34.2 Å². The molecule has 33 heavy (non-hydrogen) atoms. The maximum absolute atomic E-state index is 15.5. The first-order valence-electron chi connectivity index (χ1n) is 12.0. The molecule has 1 saturated carbocycles. The van der Waals surface area contributed by atoms with Crippen LogP contribution in [-0.2, 0) is 4.74 Å². The van der Waals surface area contributed by atoms with Gasteiger partial charge in [-0.1, -0.05) is 31.0 Å². The molecule has 0 spiro atoms. The van der Waals surface area contributed by atoms with Crippen molar-refractivity contribution < 1.29 is 18.4 Å². The van der Waals surface area contributed by atoms with Crippen molar-refractivity contribution in [2.45, 2.75) is 64.3 Å². The van der Waals surface area contributed by atoms with E-state index in [9.17, 15) is 4.79 Å². The molecule has 1 aliphatic heterocycles. The molecular formula is C25H31FN4O3. The quantitative estimate of drug-likeness (QED) is 0.553. The van der Waals surface area contributed by atoms with Gasteiger partial charge in [0.05, 0.1) is 17.3 Å². The maximum Gasteiger partial charge on any atom is 0.257 e. The van der Waals surface area contributed by atoms with Crippen LogP contribution in [0.2, 0.25) is 0 Å². The molecule has 2 aromatic heterocycles. The van der Waals surface area contributed by atoms with E-state index in [1.165, 1.54) is 6.26 Å². The normalized spacial score (nSPS) is 23.0. The first-order valence-corrected chi connectivity index (χ1v) is 12.0. The molecule has 0 unspecified atom stereocenters. The lowest BCUT2D eigenvalue weighted by Gasteiger charge is -2.32. The number of aromatic amines is 1. The van der Waals surface area contributed by atoms with Crippen LogP contribution in [0.15, 0.2) is 22.9 Å². The van der Waals surface area contributed by atoms with Crippen LogP contribution in [0.3, 0.4) is 0 Å². The third kappa shape index (κ3) is 4.40. The summed E-state index contributed by atoms with van der Waals surface area (Å²) in [5.74, 6) is 1.14. The van der Waals surface area contributed by atoms with E-state index >= 15 is 4.39 Å². The number of fused-ring (bicyclic) bond motifs is 1. The van der Waals surface area contributed by atoms with Crippen LogP contribution < -0.4 is 5.32 Å². The number of aryl methyl sites for hydroxylation is 1. The zero-order chi connectivity index (χ0) is 22.9. The number of rotatable bonds is 5. The molecule has 5 rings (SSSR count). The van der Waals surface area contributed by atoms with E-state index in [4.69, 9.17) is 14.2 Å². The van der Waals surface area contributed by atoms with Crippen molar-refractivity contribution in [3.63, 3.8) is 0 Å². The summed E-state index contributed by atoms with van der Waals surface area (Å²) in [6, 6.07) is 3.44. The van der Waals surface area contributed by atoms with E-state index < -0.39 is 0 Å². The van der Waals surface area contributed by atoms with Crippen molar-refractivity contribution in [3.8, 4) is 0 Å². The summed E-state index contributed by atoms with van der Waals surface area (Å²) in [4.78, 5) is 21.0. The van der Waals surface area contributed by atoms with Gasteiger partial charge in [-0.3, -0.25) is 4.79 Å². The van der Waals surface area contributed by atoms with Crippen LogP contribution in [0.25, 0.3) is 11.0 Å². The van der Waals surface area contributed by atoms with Crippen LogP contribution in [0.5, 0.6) is 0 Å². The van der Waals surface area contributed by atoms with Crippen LogP contribution in [0.1, 0.15) is 84.8 Å². The summed E-state index contributed by atoms with van der Waals surface area (Å²) >= 11 is 0. The topological polar surface area (TPSA) is 93.0 Å². The van der Waals surface area contributed by atoms with Crippen LogP contribution in [0, 0.1) is 24.6 Å². The SMILES string of the molecule is Cc1nocc1C(=O)N[C@H](c1nc2c(F)c(C3CCOCC3)ccc2[nH]1)[C@H]1CC[C@H](C)CC1. The van der Waals surface area contributed by atoms with E-state index in [1.807, 2.05) is 12.1 Å². The van der Waals surface area contributed by atoms with E-state index in [2.05, 4.69) is 22.4 Å². The van der Waals surface area contributed by atoms with E-state index in [-0.39, 0.29) is 29.6 Å². The fraction of sp³-hybridized carbons (Fsp3) is 0.560. The van der Waals surface area contributed by atoms with Gasteiger partial charge in [-0.25, -0.2) is 9.37 Å². The van der Waals surface area contributed by atoms with Crippen molar-refractivity contribution in [1.82, 2.24) is 20.4 Å². The first-order chi connectivity index (χ1) is 16.0. The van der Waals surface area contributed by atoms with Gasteiger partial charge in [0.2, 0.25) is 0 Å². The molecule has 0 bridgehead atoms. The third-order valence-corrected chi connectivity index (χ3v) is 7.41. The molecule has 3 heterocycles. The standard InChI is InChI=1S/C25H31FN4O3/c1-14-3-5-17(6-4-14)22(29-25(31)19-13-33-30-15(19)2)24-27-20-8-7-18(21(26)23(20)28-24)16-9-11-32-12-10-16/h7-8,13-14,16-17,22H,3-6,9-12H2,1-2H3,(H,27,28)(H,29,31)/t14-,17-,22-/m0/s1. The second kappa shape index (κ2) is 9.25. The summed E-state index contributed by atoms with van der Waals surface area (Å²) < 4.78 is 25.9. The largest absolute Gasteiger partial charge is 0.381 e. The van der Waals surface area contributed by atoms with Crippen molar-refractivity contribution in [3.05, 3.63) is 46.9 Å². The van der Waals surface area contributed by atoms with Gasteiger partial charge in [-0.05, 0) is 62.0 Å². The number of imidazole rings is 1. The molecule has 1 aromatic carbocycles. The van der Waals surface area contributed by atoms with Crippen molar-refractivity contribution >= 4 is 16.9 Å². The Hall–Kier alpha value is -2.74. The van der Waals surface area contributed by atoms with Crippen LogP contribution in [0.4, 0.5) is 4.39 Å². The number of amides is 1. The molecule has 1 saturated heterocycles. The number of benzene rings is 1. The average Bonchev–Trinajstić information content (AvgIpc) is 3.46. The number of aromatic nitrogens is 3. The summed E-state index contributed by atoms with van der Waals surface area (Å²) in [5, 5.41) is 6.97. The van der Waals surface area contributed by atoms with Crippen LogP contribution >= 0.6 is 0 Å². The molecule has 0 radical (unpaired) electrons. The molecular weight excluding hydrogens is 423 g/mol. The van der Waals surface area contributed by atoms with Gasteiger partial charge < -0.3 is 19.6 Å². The van der Waals surface area contributed by atoms with E-state index in [0.717, 1.165) is 38.5 Å². The molecule has 7 nitrogen and oxygen atoms in total. The van der Waals surface area contributed by atoms with Crippen molar-refractivity contribution in [1.29, 1.82) is 0 Å². The second-order valence-corrected chi connectivity index (χ2v) is 9.66. The third-order valence-electron chi connectivity index (χ3n) is 7.41. The lowest BCUT2D eigenvalue weighted by molar-refractivity contribution is 0.0846. The smallest absolute Gasteiger partial charge is 0.257 e. The average molecular weight is 455 g/mol. The molecule has 1 amide bonds. The van der Waals surface area contributed by atoms with Gasteiger partial charge in [-0.2, -0.15) is 0 Å². The number of ether oxygens (including phenoxy) is 1. The minimum absolute atomic E-state index is 0.148. The predicted octanol–water partition coefficient (Wildman–Crippen LogP) is 5.19. The Balaban J connectivity index is 1.48. The summed E-state index contributed by atoms with van der Waals surface area (Å²) in [7, 11) is 0. The molecule has 8 heteroatoms. The fourth-order valence-electron chi connectivity index (χ4n) is 5.31. The number of H-pyrrole nitrogens is 1.